The highest BCUT2D eigenvalue weighted by Gasteiger charge is 2.15. The lowest BCUT2D eigenvalue weighted by Crippen LogP contribution is -2.24. The molecule has 4 heteroatoms. The van der Waals surface area contributed by atoms with Crippen molar-refractivity contribution in [2.45, 2.75) is 43.0 Å². The molecule has 0 spiro atoms. The van der Waals surface area contributed by atoms with Crippen LogP contribution < -0.4 is 11.5 Å². The van der Waals surface area contributed by atoms with Crippen LogP contribution in [0, 0.1) is 0 Å². The van der Waals surface area contributed by atoms with Crippen LogP contribution in [-0.2, 0) is 0 Å². The monoisotopic (exact) mass is 212 g/mol. The predicted octanol–water partition coefficient (Wildman–Crippen LogP) is 2.38. The average Bonchev–Trinajstić information content (AvgIpc) is 1.94. The minimum atomic E-state index is -1.03. The topological polar surface area (TPSA) is 52.0 Å². The van der Waals surface area contributed by atoms with Crippen molar-refractivity contribution in [3.05, 3.63) is 0 Å². The molecule has 0 aromatic carbocycles. The van der Waals surface area contributed by atoms with Gasteiger partial charge in [0.1, 0.15) is 0 Å². The van der Waals surface area contributed by atoms with E-state index in [1.807, 2.05) is 0 Å². The van der Waals surface area contributed by atoms with Crippen molar-refractivity contribution in [2.24, 2.45) is 11.5 Å². The van der Waals surface area contributed by atoms with Gasteiger partial charge in [-0.15, -0.1) is 0 Å². The van der Waals surface area contributed by atoms with Gasteiger partial charge in [0.05, 0.1) is 0 Å². The van der Waals surface area contributed by atoms with Crippen LogP contribution in [0.5, 0.6) is 0 Å². The van der Waals surface area contributed by atoms with E-state index in [-0.39, 0.29) is 0 Å². The van der Waals surface area contributed by atoms with E-state index in [9.17, 15) is 0 Å². The Morgan fingerprint density at radius 2 is 1.42 bits per heavy atom. The molecule has 4 N–H and O–H groups in total. The summed E-state index contributed by atoms with van der Waals surface area (Å²) < 4.78 is -1.03. The predicted molar refractivity (Wildman–Crippen MR) is 55.4 cm³/mol. The smallest absolute Gasteiger partial charge is 0.166 e. The lowest BCUT2D eigenvalue weighted by molar-refractivity contribution is 0.575. The second-order valence-corrected chi connectivity index (χ2v) is 4.61. The number of halogens is 2. The summed E-state index contributed by atoms with van der Waals surface area (Å²) in [5.41, 5.74) is 10.7. The van der Waals surface area contributed by atoms with Gasteiger partial charge in [-0.05, 0) is 25.8 Å². The van der Waals surface area contributed by atoms with Gasteiger partial charge in [-0.2, -0.15) is 0 Å². The van der Waals surface area contributed by atoms with Crippen LogP contribution in [0.2, 0.25) is 0 Å². The molecule has 0 bridgehead atoms. The zero-order chi connectivity index (χ0) is 9.45. The highest BCUT2D eigenvalue weighted by Crippen LogP contribution is 2.21. The van der Waals surface area contributed by atoms with E-state index in [1.165, 1.54) is 12.8 Å². The van der Waals surface area contributed by atoms with E-state index in [4.69, 9.17) is 34.7 Å². The van der Waals surface area contributed by atoms with Gasteiger partial charge in [0.2, 0.25) is 0 Å². The standard InChI is InChI=1S/C8H18Cl2N2/c9-8(10,12)6-4-2-1-3-5-7-11/h1-7,11-12H2. The van der Waals surface area contributed by atoms with E-state index < -0.39 is 4.46 Å². The molecule has 0 heterocycles. The number of alkyl halides is 2. The maximum Gasteiger partial charge on any atom is 0.166 e. The Bertz CT molecular complexity index is 102. The molecule has 0 saturated heterocycles. The maximum absolute atomic E-state index is 5.60. The average molecular weight is 213 g/mol. The molecule has 12 heavy (non-hydrogen) atoms. The number of unbranched alkanes of at least 4 members (excludes halogenated alkanes) is 4. The third-order valence-corrected chi connectivity index (χ3v) is 2.09. The molecule has 0 aromatic heterocycles. The fraction of sp³-hybridized carbons (Fsp3) is 1.00. The molecule has 0 aliphatic rings. The van der Waals surface area contributed by atoms with Crippen molar-refractivity contribution in [1.82, 2.24) is 0 Å². The Hall–Kier alpha value is 0.500. The summed E-state index contributed by atoms with van der Waals surface area (Å²) in [6.07, 6.45) is 6.29. The first-order chi connectivity index (χ1) is 5.56. The molecule has 2 nitrogen and oxygen atoms in total. The van der Waals surface area contributed by atoms with Crippen LogP contribution in [0.3, 0.4) is 0 Å². The Labute approximate surface area is 84.6 Å². The van der Waals surface area contributed by atoms with Crippen molar-refractivity contribution >= 4 is 23.2 Å². The molecule has 0 aliphatic carbocycles. The first-order valence-corrected chi connectivity index (χ1v) is 5.18. The number of hydrogen-bond acceptors (Lipinski definition) is 2. The van der Waals surface area contributed by atoms with Crippen molar-refractivity contribution in [2.75, 3.05) is 6.54 Å². The molecule has 0 saturated carbocycles. The maximum atomic E-state index is 5.60. The lowest BCUT2D eigenvalue weighted by atomic mass is 10.1. The fourth-order valence-corrected chi connectivity index (χ4v) is 1.30. The van der Waals surface area contributed by atoms with E-state index in [0.717, 1.165) is 25.8 Å². The van der Waals surface area contributed by atoms with Crippen molar-refractivity contribution < 1.29 is 0 Å². The van der Waals surface area contributed by atoms with Gasteiger partial charge in [0.15, 0.2) is 4.46 Å². The molecule has 0 fully saturated rings. The van der Waals surface area contributed by atoms with Crippen molar-refractivity contribution in [3.8, 4) is 0 Å². The van der Waals surface area contributed by atoms with Gasteiger partial charge >= 0.3 is 0 Å². The van der Waals surface area contributed by atoms with Crippen LogP contribution in [0.25, 0.3) is 0 Å². The first kappa shape index (κ1) is 12.5. The van der Waals surface area contributed by atoms with Gasteiger partial charge in [-0.25, -0.2) is 0 Å². The van der Waals surface area contributed by atoms with Crippen LogP contribution in [0.1, 0.15) is 38.5 Å². The van der Waals surface area contributed by atoms with Gasteiger partial charge in [-0.3, -0.25) is 0 Å². The van der Waals surface area contributed by atoms with Gasteiger partial charge in [0, 0.05) is 0 Å². The van der Waals surface area contributed by atoms with Crippen LogP contribution >= 0.6 is 23.2 Å². The Kier molecular flexibility index (Phi) is 7.25. The summed E-state index contributed by atoms with van der Waals surface area (Å²) in [4.78, 5) is 0. The molecular formula is C8H18Cl2N2. The molecule has 74 valence electrons. The summed E-state index contributed by atoms with van der Waals surface area (Å²) in [6.45, 7) is 0.784. The zero-order valence-corrected chi connectivity index (χ0v) is 8.87. The Balaban J connectivity index is 3.01. The molecule has 0 amide bonds. The van der Waals surface area contributed by atoms with Crippen molar-refractivity contribution in [1.29, 1.82) is 0 Å². The Morgan fingerprint density at radius 3 is 1.92 bits per heavy atom. The van der Waals surface area contributed by atoms with Gasteiger partial charge in [0.25, 0.3) is 0 Å². The summed E-state index contributed by atoms with van der Waals surface area (Å²) in [5, 5.41) is 0. The summed E-state index contributed by atoms with van der Waals surface area (Å²) >= 11 is 11.2. The highest BCUT2D eigenvalue weighted by atomic mass is 35.5. The zero-order valence-electron chi connectivity index (χ0n) is 7.36. The third-order valence-electron chi connectivity index (χ3n) is 1.71. The van der Waals surface area contributed by atoms with Gasteiger partial charge in [-0.1, -0.05) is 42.5 Å². The quantitative estimate of drug-likeness (QED) is 0.387. The molecular weight excluding hydrogens is 195 g/mol. The van der Waals surface area contributed by atoms with Crippen molar-refractivity contribution in [3.63, 3.8) is 0 Å². The molecule has 0 unspecified atom stereocenters. The van der Waals surface area contributed by atoms with E-state index in [2.05, 4.69) is 0 Å². The number of nitrogens with two attached hydrogens (primary N) is 2. The molecule has 0 aromatic rings. The molecule has 0 rings (SSSR count). The first-order valence-electron chi connectivity index (χ1n) is 4.43. The minimum Gasteiger partial charge on any atom is -0.330 e. The highest BCUT2D eigenvalue weighted by molar-refractivity contribution is 6.47. The largest absolute Gasteiger partial charge is 0.330 e. The SMILES string of the molecule is NCCCCCCCC(N)(Cl)Cl. The molecule has 0 radical (unpaired) electrons. The van der Waals surface area contributed by atoms with Crippen LogP contribution in [-0.4, -0.2) is 11.0 Å². The normalized spacial score (nSPS) is 12.0. The molecule has 0 aliphatic heterocycles. The fourth-order valence-electron chi connectivity index (χ4n) is 1.04. The van der Waals surface area contributed by atoms with Crippen LogP contribution in [0.4, 0.5) is 0 Å². The van der Waals surface area contributed by atoms with E-state index in [1.54, 1.807) is 0 Å². The minimum absolute atomic E-state index is 0.665. The van der Waals surface area contributed by atoms with E-state index >= 15 is 0 Å². The number of hydrogen-bond donors (Lipinski definition) is 2. The summed E-state index contributed by atoms with van der Waals surface area (Å²) in [6, 6.07) is 0. The summed E-state index contributed by atoms with van der Waals surface area (Å²) in [7, 11) is 0. The van der Waals surface area contributed by atoms with Gasteiger partial charge < -0.3 is 11.5 Å². The second kappa shape index (κ2) is 6.96. The number of rotatable bonds is 7. The van der Waals surface area contributed by atoms with Crippen LogP contribution in [0.15, 0.2) is 0 Å². The lowest BCUT2D eigenvalue weighted by Gasteiger charge is -2.11. The Morgan fingerprint density at radius 1 is 0.917 bits per heavy atom. The molecule has 0 atom stereocenters. The summed E-state index contributed by atoms with van der Waals surface area (Å²) in [5.74, 6) is 0. The second-order valence-electron chi connectivity index (χ2n) is 3.07. The van der Waals surface area contributed by atoms with E-state index in [0.29, 0.717) is 6.42 Å². The third kappa shape index (κ3) is 10.5.